The van der Waals surface area contributed by atoms with Gasteiger partial charge in [0.2, 0.25) is 0 Å². The van der Waals surface area contributed by atoms with Crippen LogP contribution in [0.1, 0.15) is 147 Å². The topological polar surface area (TPSA) is 69.7 Å². The normalized spacial score (nSPS) is 40.4. The number of esters is 2. The summed E-state index contributed by atoms with van der Waals surface area (Å²) in [6.07, 6.45) is 11.3. The molecule has 0 N–H and O–H groups in total. The molecule has 0 aliphatic heterocycles. The van der Waals surface area contributed by atoms with Gasteiger partial charge in [-0.2, -0.15) is 0 Å². The second kappa shape index (κ2) is 11.1. The Morgan fingerprint density at radius 2 is 1.54 bits per heavy atom. The van der Waals surface area contributed by atoms with Gasteiger partial charge in [-0.05, 0) is 137 Å². The molecule has 0 bridgehead atoms. The lowest BCUT2D eigenvalue weighted by molar-refractivity contribution is -0.232. The van der Waals surface area contributed by atoms with Crippen LogP contribution in [-0.4, -0.2) is 29.4 Å². The highest BCUT2D eigenvalue weighted by atomic mass is 16.6. The van der Waals surface area contributed by atoms with Gasteiger partial charge in [-0.3, -0.25) is 14.4 Å². The van der Waals surface area contributed by atoms with Crippen molar-refractivity contribution < 1.29 is 23.9 Å². The molecule has 0 aromatic carbocycles. The van der Waals surface area contributed by atoms with Gasteiger partial charge < -0.3 is 9.47 Å². The quantitative estimate of drug-likeness (QED) is 0.214. The van der Waals surface area contributed by atoms with E-state index in [2.05, 4.69) is 61.1 Å². The maximum Gasteiger partial charge on any atom is 0.312 e. The van der Waals surface area contributed by atoms with Crippen molar-refractivity contribution in [1.82, 2.24) is 0 Å². The molecule has 0 aromatic heterocycles. The minimum Gasteiger partial charge on any atom is -0.462 e. The molecule has 0 spiro atoms. The lowest BCUT2D eigenvalue weighted by Crippen LogP contribution is -2.65. The number of Topliss-reactive ketones (excluding diaryl/α,β-unsaturated/α-hetero) is 1. The summed E-state index contributed by atoms with van der Waals surface area (Å²) in [5, 5.41) is 0. The Morgan fingerprint density at radius 3 is 2.13 bits per heavy atom. The van der Waals surface area contributed by atoms with E-state index in [4.69, 9.17) is 9.47 Å². The number of carbonyl (C=O) groups is 3. The second-order valence-corrected chi connectivity index (χ2v) is 19.5. The largest absolute Gasteiger partial charge is 0.462 e. The Morgan fingerprint density at radius 1 is 0.891 bits per heavy atom. The van der Waals surface area contributed by atoms with Gasteiger partial charge in [0.25, 0.3) is 0 Å². The SMILES string of the molecule is C=C[C@@]12CC[C@]3(C)[C@H](CC[C@@H]4[C@@]5(C)CC[C@H](OC(=O)CC(C)(C)C(=O)OC(C)(C)C)C(C)(C)[C@@H]5CC[C@]43C)C1=C(C(C)C)C(=O)C2. The molecule has 0 amide bonds. The predicted octanol–water partition coefficient (Wildman–Crippen LogP) is 9.82. The number of carbonyl (C=O) groups excluding carboxylic acids is 3. The van der Waals surface area contributed by atoms with Crippen molar-refractivity contribution in [3.63, 3.8) is 0 Å². The fraction of sp³-hybridized carbons (Fsp3) is 0.829. The third kappa shape index (κ3) is 5.18. The first-order valence-corrected chi connectivity index (χ1v) is 18.3. The first-order valence-electron chi connectivity index (χ1n) is 18.3. The van der Waals surface area contributed by atoms with E-state index in [0.29, 0.717) is 30.0 Å². The standard InChI is InChI=1S/C41H64O5/c1-14-41-22-21-39(12)26(33(41)32(25(2)3)27(42)23-41)15-16-29-38(11)19-18-30(37(9,10)28(38)17-20-40(29,39)13)45-31(43)24-36(7,8)34(44)46-35(4,5)6/h14,25-26,28-30H,1,15-24H2,2-13H3/t26-,28+,29-,30+,38+,39-,40-,41+/m1/s1. The van der Waals surface area contributed by atoms with Gasteiger partial charge in [0, 0.05) is 17.3 Å². The Kier molecular flexibility index (Phi) is 8.51. The van der Waals surface area contributed by atoms with Gasteiger partial charge in [-0.1, -0.05) is 54.5 Å². The number of hydrogen-bond acceptors (Lipinski definition) is 5. The van der Waals surface area contributed by atoms with Crippen LogP contribution in [0.3, 0.4) is 0 Å². The predicted molar refractivity (Wildman–Crippen MR) is 184 cm³/mol. The van der Waals surface area contributed by atoms with Crippen LogP contribution in [0.4, 0.5) is 0 Å². The number of ether oxygens (including phenoxy) is 2. The first kappa shape index (κ1) is 35.4. The molecular weight excluding hydrogens is 572 g/mol. The van der Waals surface area contributed by atoms with Gasteiger partial charge in [-0.25, -0.2) is 0 Å². The van der Waals surface area contributed by atoms with Crippen LogP contribution >= 0.6 is 0 Å². The minimum atomic E-state index is -0.948. The molecule has 46 heavy (non-hydrogen) atoms. The van der Waals surface area contributed by atoms with Crippen LogP contribution in [0, 0.1) is 56.2 Å². The maximum atomic E-state index is 13.5. The van der Waals surface area contributed by atoms with Gasteiger partial charge in [0.1, 0.15) is 11.7 Å². The molecule has 5 aliphatic carbocycles. The Labute approximate surface area is 280 Å². The molecule has 0 saturated heterocycles. The summed E-state index contributed by atoms with van der Waals surface area (Å²) in [5.74, 6) is 1.40. The highest BCUT2D eigenvalue weighted by molar-refractivity contribution is 6.01. The summed E-state index contributed by atoms with van der Waals surface area (Å²) in [5.41, 5.74) is 1.18. The number of ketones is 1. The molecule has 5 rings (SSSR count). The molecular formula is C41H64O5. The highest BCUT2D eigenvalue weighted by Gasteiger charge is 2.70. The molecule has 4 saturated carbocycles. The molecule has 5 aliphatic rings. The Bertz CT molecular complexity index is 1330. The van der Waals surface area contributed by atoms with E-state index < -0.39 is 11.0 Å². The van der Waals surface area contributed by atoms with Gasteiger partial charge in [0.15, 0.2) is 5.78 Å². The molecule has 0 unspecified atom stereocenters. The van der Waals surface area contributed by atoms with Crippen LogP contribution in [-0.2, 0) is 23.9 Å². The summed E-state index contributed by atoms with van der Waals surface area (Å²) in [6.45, 7) is 30.2. The smallest absolute Gasteiger partial charge is 0.312 e. The molecule has 5 heteroatoms. The van der Waals surface area contributed by atoms with E-state index in [1.807, 2.05) is 20.8 Å². The minimum absolute atomic E-state index is 0.0137. The van der Waals surface area contributed by atoms with E-state index in [-0.39, 0.29) is 57.5 Å². The van der Waals surface area contributed by atoms with Crippen molar-refractivity contribution in [1.29, 1.82) is 0 Å². The Balaban J connectivity index is 1.39. The second-order valence-electron chi connectivity index (χ2n) is 19.5. The van der Waals surface area contributed by atoms with Gasteiger partial charge in [0.05, 0.1) is 11.8 Å². The summed E-state index contributed by atoms with van der Waals surface area (Å²) in [7, 11) is 0. The number of rotatable bonds is 6. The zero-order chi connectivity index (χ0) is 34.5. The number of allylic oxidation sites excluding steroid dienone is 3. The van der Waals surface area contributed by atoms with Gasteiger partial charge >= 0.3 is 11.9 Å². The zero-order valence-corrected chi connectivity index (χ0v) is 31.3. The first-order chi connectivity index (χ1) is 21.0. The third-order valence-electron chi connectivity index (χ3n) is 14.6. The monoisotopic (exact) mass is 636 g/mol. The van der Waals surface area contributed by atoms with Crippen molar-refractivity contribution in [3.8, 4) is 0 Å². The van der Waals surface area contributed by atoms with E-state index >= 15 is 0 Å². The fourth-order valence-corrected chi connectivity index (χ4v) is 12.1. The molecule has 0 heterocycles. The molecule has 0 radical (unpaired) electrons. The van der Waals surface area contributed by atoms with Crippen molar-refractivity contribution in [2.24, 2.45) is 56.2 Å². The molecule has 8 atom stereocenters. The van der Waals surface area contributed by atoms with Crippen LogP contribution in [0.2, 0.25) is 0 Å². The third-order valence-corrected chi connectivity index (χ3v) is 14.6. The van der Waals surface area contributed by atoms with Crippen LogP contribution < -0.4 is 0 Å². The van der Waals surface area contributed by atoms with Crippen molar-refractivity contribution in [2.45, 2.75) is 159 Å². The number of fused-ring (bicyclic) bond motifs is 7. The average molecular weight is 637 g/mol. The van der Waals surface area contributed by atoms with Crippen LogP contribution in [0.5, 0.6) is 0 Å². The van der Waals surface area contributed by atoms with Crippen molar-refractivity contribution in [3.05, 3.63) is 23.8 Å². The van der Waals surface area contributed by atoms with Gasteiger partial charge in [-0.15, -0.1) is 6.58 Å². The summed E-state index contributed by atoms with van der Waals surface area (Å²) in [6, 6.07) is 0. The maximum absolute atomic E-state index is 13.5. The molecule has 0 aromatic rings. The fourth-order valence-electron chi connectivity index (χ4n) is 12.1. The molecule has 258 valence electrons. The molecule has 4 fully saturated rings. The Hall–Kier alpha value is -1.91. The van der Waals surface area contributed by atoms with Crippen LogP contribution in [0.15, 0.2) is 23.8 Å². The van der Waals surface area contributed by atoms with Crippen molar-refractivity contribution in [2.75, 3.05) is 0 Å². The van der Waals surface area contributed by atoms with E-state index in [0.717, 1.165) is 44.1 Å². The van der Waals surface area contributed by atoms with Crippen molar-refractivity contribution >= 4 is 17.7 Å². The summed E-state index contributed by atoms with van der Waals surface area (Å²) >= 11 is 0. The highest BCUT2D eigenvalue weighted by Crippen LogP contribution is 2.76. The molecule has 5 nitrogen and oxygen atoms in total. The lowest BCUT2D eigenvalue weighted by atomic mass is 9.33. The zero-order valence-electron chi connectivity index (χ0n) is 31.3. The summed E-state index contributed by atoms with van der Waals surface area (Å²) < 4.78 is 11.9. The lowest BCUT2D eigenvalue weighted by Gasteiger charge is -2.72. The van der Waals surface area contributed by atoms with E-state index in [1.165, 1.54) is 18.4 Å². The van der Waals surface area contributed by atoms with E-state index in [1.54, 1.807) is 13.8 Å². The van der Waals surface area contributed by atoms with Crippen LogP contribution in [0.25, 0.3) is 0 Å². The summed E-state index contributed by atoms with van der Waals surface area (Å²) in [4.78, 5) is 39.7. The average Bonchev–Trinajstić information content (AvgIpc) is 3.22. The number of hydrogen-bond donors (Lipinski definition) is 0. The van der Waals surface area contributed by atoms with E-state index in [9.17, 15) is 14.4 Å².